The Morgan fingerprint density at radius 1 is 1.24 bits per heavy atom. The molecular weight excluding hydrogens is 258 g/mol. The average molecular weight is 289 g/mol. The predicted molar refractivity (Wildman–Crippen MR) is 90.0 cm³/mol. The Balaban J connectivity index is 2.05. The van der Waals surface area contributed by atoms with Gasteiger partial charge in [-0.3, -0.25) is 0 Å². The van der Waals surface area contributed by atoms with Gasteiger partial charge in [0.1, 0.15) is 5.82 Å². The highest BCUT2D eigenvalue weighted by atomic mass is 14.9. The van der Waals surface area contributed by atoms with Crippen molar-refractivity contribution in [2.24, 2.45) is 11.8 Å². The van der Waals surface area contributed by atoms with Crippen LogP contribution in [0, 0.1) is 11.8 Å². The van der Waals surface area contributed by atoms with Crippen LogP contribution in [0.2, 0.25) is 0 Å². The molecule has 0 bridgehead atoms. The summed E-state index contributed by atoms with van der Waals surface area (Å²) in [4.78, 5) is 4.29. The summed E-state index contributed by atoms with van der Waals surface area (Å²) < 4.78 is 0. The largest absolute Gasteiger partial charge is 0.383 e. The van der Waals surface area contributed by atoms with E-state index >= 15 is 0 Å². The van der Waals surface area contributed by atoms with Gasteiger partial charge in [-0.05, 0) is 43.7 Å². The van der Waals surface area contributed by atoms with Gasteiger partial charge < -0.3 is 11.1 Å². The summed E-state index contributed by atoms with van der Waals surface area (Å²) in [5, 5.41) is 3.72. The number of rotatable bonds is 7. The van der Waals surface area contributed by atoms with Crippen molar-refractivity contribution in [3.05, 3.63) is 23.9 Å². The molecular formula is C18H31N3. The molecule has 3 heteroatoms. The van der Waals surface area contributed by atoms with Crippen molar-refractivity contribution in [1.82, 2.24) is 10.3 Å². The third-order valence-electron chi connectivity index (χ3n) is 4.88. The Bertz CT molecular complexity index is 411. The molecule has 0 saturated heterocycles. The number of hydrogen-bond donors (Lipinski definition) is 2. The number of hydrogen-bond acceptors (Lipinski definition) is 3. The van der Waals surface area contributed by atoms with Crippen LogP contribution in [0.15, 0.2) is 18.3 Å². The molecule has 1 saturated carbocycles. The standard InChI is InChI=1S/C18H31N3/c1-3-6-14-8-10-15(11-9-14)17(20-12-4-2)16-7-5-13-21-18(16)19/h5,7,13-15,17,20H,3-4,6,8-12H2,1-2H3,(H2,19,21). The lowest BCUT2D eigenvalue weighted by molar-refractivity contribution is 0.214. The van der Waals surface area contributed by atoms with Gasteiger partial charge in [-0.1, -0.05) is 45.6 Å². The normalized spacial score (nSPS) is 23.9. The first kappa shape index (κ1) is 16.3. The van der Waals surface area contributed by atoms with Crippen LogP contribution in [-0.4, -0.2) is 11.5 Å². The Labute approximate surface area is 129 Å². The molecule has 3 nitrogen and oxygen atoms in total. The molecule has 1 aliphatic rings. The zero-order chi connectivity index (χ0) is 15.1. The molecule has 0 amide bonds. The molecule has 0 aromatic carbocycles. The van der Waals surface area contributed by atoms with Crippen LogP contribution < -0.4 is 11.1 Å². The van der Waals surface area contributed by atoms with Crippen LogP contribution in [0.5, 0.6) is 0 Å². The molecule has 1 heterocycles. The second-order valence-corrected chi connectivity index (χ2v) is 6.48. The van der Waals surface area contributed by atoms with E-state index in [2.05, 4.69) is 30.2 Å². The molecule has 0 aliphatic heterocycles. The lowest BCUT2D eigenvalue weighted by Gasteiger charge is -2.35. The highest BCUT2D eigenvalue weighted by Gasteiger charge is 2.29. The lowest BCUT2D eigenvalue weighted by atomic mass is 9.75. The van der Waals surface area contributed by atoms with Crippen LogP contribution in [0.25, 0.3) is 0 Å². The van der Waals surface area contributed by atoms with Crippen LogP contribution in [0.3, 0.4) is 0 Å². The molecule has 2 rings (SSSR count). The van der Waals surface area contributed by atoms with Crippen molar-refractivity contribution in [1.29, 1.82) is 0 Å². The average Bonchev–Trinajstić information content (AvgIpc) is 2.51. The fourth-order valence-electron chi connectivity index (χ4n) is 3.74. The minimum absolute atomic E-state index is 0.376. The van der Waals surface area contributed by atoms with Crippen molar-refractivity contribution in [2.75, 3.05) is 12.3 Å². The number of nitrogens with one attached hydrogen (secondary N) is 1. The third-order valence-corrected chi connectivity index (χ3v) is 4.88. The zero-order valence-corrected chi connectivity index (χ0v) is 13.6. The van der Waals surface area contributed by atoms with Gasteiger partial charge in [-0.25, -0.2) is 4.98 Å². The summed E-state index contributed by atoms with van der Waals surface area (Å²) in [5.74, 6) is 2.35. The smallest absolute Gasteiger partial charge is 0.128 e. The molecule has 1 aliphatic carbocycles. The second kappa shape index (κ2) is 8.38. The van der Waals surface area contributed by atoms with Gasteiger partial charge in [0.15, 0.2) is 0 Å². The number of aromatic nitrogens is 1. The van der Waals surface area contributed by atoms with Gasteiger partial charge in [-0.2, -0.15) is 0 Å². The lowest BCUT2D eigenvalue weighted by Crippen LogP contribution is -2.32. The number of nitrogen functional groups attached to an aromatic ring is 1. The maximum absolute atomic E-state index is 6.12. The maximum atomic E-state index is 6.12. The zero-order valence-electron chi connectivity index (χ0n) is 13.6. The van der Waals surface area contributed by atoms with E-state index in [9.17, 15) is 0 Å². The number of pyridine rings is 1. The fraction of sp³-hybridized carbons (Fsp3) is 0.722. The highest BCUT2D eigenvalue weighted by Crippen LogP contribution is 2.39. The van der Waals surface area contributed by atoms with Crippen molar-refractivity contribution in [3.8, 4) is 0 Å². The van der Waals surface area contributed by atoms with E-state index in [0.717, 1.165) is 18.9 Å². The van der Waals surface area contributed by atoms with Crippen molar-refractivity contribution < 1.29 is 0 Å². The highest BCUT2D eigenvalue weighted by molar-refractivity contribution is 5.41. The Kier molecular flexibility index (Phi) is 6.50. The van der Waals surface area contributed by atoms with E-state index in [-0.39, 0.29) is 0 Å². The van der Waals surface area contributed by atoms with E-state index < -0.39 is 0 Å². The molecule has 1 atom stereocenters. The van der Waals surface area contributed by atoms with Gasteiger partial charge in [0.25, 0.3) is 0 Å². The molecule has 1 fully saturated rings. The van der Waals surface area contributed by atoms with Crippen LogP contribution >= 0.6 is 0 Å². The minimum atomic E-state index is 0.376. The molecule has 0 radical (unpaired) electrons. The first-order valence-electron chi connectivity index (χ1n) is 8.70. The van der Waals surface area contributed by atoms with Crippen molar-refractivity contribution in [2.45, 2.75) is 64.8 Å². The number of nitrogens with two attached hydrogens (primary N) is 1. The van der Waals surface area contributed by atoms with Crippen molar-refractivity contribution >= 4 is 5.82 Å². The van der Waals surface area contributed by atoms with Gasteiger partial charge in [0.2, 0.25) is 0 Å². The maximum Gasteiger partial charge on any atom is 0.128 e. The molecule has 1 unspecified atom stereocenters. The van der Waals surface area contributed by atoms with Gasteiger partial charge in [-0.15, -0.1) is 0 Å². The van der Waals surface area contributed by atoms with E-state index in [1.54, 1.807) is 6.20 Å². The number of anilines is 1. The first-order chi connectivity index (χ1) is 10.3. The SMILES string of the molecule is CCCNC(c1cccnc1N)C1CCC(CCC)CC1. The van der Waals surface area contributed by atoms with Crippen LogP contribution in [0.1, 0.15) is 70.4 Å². The molecule has 1 aromatic heterocycles. The Morgan fingerprint density at radius 2 is 2.00 bits per heavy atom. The molecule has 0 spiro atoms. The van der Waals surface area contributed by atoms with Gasteiger partial charge in [0, 0.05) is 17.8 Å². The van der Waals surface area contributed by atoms with E-state index in [0.29, 0.717) is 17.8 Å². The van der Waals surface area contributed by atoms with E-state index in [4.69, 9.17) is 5.73 Å². The van der Waals surface area contributed by atoms with Crippen LogP contribution in [0.4, 0.5) is 5.82 Å². The summed E-state index contributed by atoms with van der Waals surface area (Å²) in [5.41, 5.74) is 7.32. The first-order valence-corrected chi connectivity index (χ1v) is 8.70. The quantitative estimate of drug-likeness (QED) is 0.786. The molecule has 1 aromatic rings. The van der Waals surface area contributed by atoms with E-state index in [1.165, 1.54) is 44.1 Å². The molecule has 118 valence electrons. The topological polar surface area (TPSA) is 50.9 Å². The van der Waals surface area contributed by atoms with Crippen molar-refractivity contribution in [3.63, 3.8) is 0 Å². The third kappa shape index (κ3) is 4.44. The summed E-state index contributed by atoms with van der Waals surface area (Å²) in [6, 6.07) is 4.53. The van der Waals surface area contributed by atoms with Gasteiger partial charge in [0.05, 0.1) is 0 Å². The monoisotopic (exact) mass is 289 g/mol. The fourth-order valence-corrected chi connectivity index (χ4v) is 3.74. The Hall–Kier alpha value is -1.09. The van der Waals surface area contributed by atoms with Gasteiger partial charge >= 0.3 is 0 Å². The minimum Gasteiger partial charge on any atom is -0.383 e. The predicted octanol–water partition coefficient (Wildman–Crippen LogP) is 4.31. The molecule has 21 heavy (non-hydrogen) atoms. The number of nitrogens with zero attached hydrogens (tertiary/aromatic N) is 1. The summed E-state index contributed by atoms with van der Waals surface area (Å²) >= 11 is 0. The summed E-state index contributed by atoms with van der Waals surface area (Å²) in [7, 11) is 0. The summed E-state index contributed by atoms with van der Waals surface area (Å²) in [6.45, 7) is 5.57. The van der Waals surface area contributed by atoms with E-state index in [1.807, 2.05) is 6.07 Å². The summed E-state index contributed by atoms with van der Waals surface area (Å²) in [6.07, 6.45) is 11.1. The molecule has 3 N–H and O–H groups in total. The van der Waals surface area contributed by atoms with Crippen LogP contribution in [-0.2, 0) is 0 Å². The second-order valence-electron chi connectivity index (χ2n) is 6.48. The Morgan fingerprint density at radius 3 is 2.62 bits per heavy atom.